The third-order valence-electron chi connectivity index (χ3n) is 5.45. The normalized spacial score (nSPS) is 20.8. The molecule has 1 amide bonds. The Kier molecular flexibility index (Phi) is 6.89. The van der Waals surface area contributed by atoms with Crippen LogP contribution in [0.5, 0.6) is 0 Å². The van der Waals surface area contributed by atoms with E-state index in [1.165, 1.54) is 12.8 Å². The quantitative estimate of drug-likeness (QED) is 0.848. The van der Waals surface area contributed by atoms with Crippen LogP contribution in [-0.2, 0) is 0 Å². The van der Waals surface area contributed by atoms with Crippen LogP contribution < -0.4 is 5.73 Å². The minimum absolute atomic E-state index is 0. The van der Waals surface area contributed by atoms with Gasteiger partial charge in [-0.1, -0.05) is 18.2 Å². The van der Waals surface area contributed by atoms with Gasteiger partial charge >= 0.3 is 0 Å². The van der Waals surface area contributed by atoms with Crippen molar-refractivity contribution in [2.24, 2.45) is 11.7 Å². The maximum absolute atomic E-state index is 13.2. The molecule has 1 saturated heterocycles. The lowest BCUT2D eigenvalue weighted by molar-refractivity contribution is 0.0663. The SMILES string of the molecule is CC(N)C1CCCN(C(=O)c2cc(C3CC3)nc3ccccc23)C1.Cl.Cl. The molecule has 2 heterocycles. The first-order chi connectivity index (χ1) is 11.6. The lowest BCUT2D eigenvalue weighted by Crippen LogP contribution is -2.45. The molecule has 2 aromatic rings. The fourth-order valence-electron chi connectivity index (χ4n) is 3.76. The summed E-state index contributed by atoms with van der Waals surface area (Å²) in [6.45, 7) is 3.65. The predicted molar refractivity (Wildman–Crippen MR) is 110 cm³/mol. The lowest BCUT2D eigenvalue weighted by atomic mass is 9.91. The minimum atomic E-state index is 0. The second kappa shape index (κ2) is 8.55. The van der Waals surface area contributed by atoms with Gasteiger partial charge < -0.3 is 10.6 Å². The van der Waals surface area contributed by atoms with Crippen molar-refractivity contribution in [3.05, 3.63) is 41.6 Å². The first-order valence-electron chi connectivity index (χ1n) is 9.08. The highest BCUT2D eigenvalue weighted by Gasteiger charge is 2.30. The minimum Gasteiger partial charge on any atom is -0.338 e. The number of aromatic nitrogens is 1. The zero-order chi connectivity index (χ0) is 16.7. The maximum Gasteiger partial charge on any atom is 0.254 e. The lowest BCUT2D eigenvalue weighted by Gasteiger charge is -2.35. The van der Waals surface area contributed by atoms with Gasteiger partial charge in [-0.05, 0) is 50.7 Å². The van der Waals surface area contributed by atoms with Gasteiger partial charge in [-0.3, -0.25) is 9.78 Å². The molecule has 0 bridgehead atoms. The Bertz CT molecular complexity index is 777. The number of halogens is 2. The molecule has 1 aromatic carbocycles. The van der Waals surface area contributed by atoms with Crippen LogP contribution in [0.4, 0.5) is 0 Å². The van der Waals surface area contributed by atoms with E-state index in [4.69, 9.17) is 10.7 Å². The van der Waals surface area contributed by atoms with E-state index in [-0.39, 0.29) is 36.8 Å². The number of pyridine rings is 1. The fourth-order valence-corrected chi connectivity index (χ4v) is 3.76. The molecule has 2 unspecified atom stereocenters. The summed E-state index contributed by atoms with van der Waals surface area (Å²) in [5.41, 5.74) is 8.91. The number of fused-ring (bicyclic) bond motifs is 1. The van der Waals surface area contributed by atoms with Crippen LogP contribution in [0.1, 0.15) is 54.6 Å². The number of benzene rings is 1. The van der Waals surface area contributed by atoms with Crippen molar-refractivity contribution >= 4 is 41.6 Å². The second-order valence-corrected chi connectivity index (χ2v) is 7.40. The smallest absolute Gasteiger partial charge is 0.254 e. The number of amides is 1. The molecule has 1 aromatic heterocycles. The number of piperidine rings is 1. The molecule has 2 N–H and O–H groups in total. The van der Waals surface area contributed by atoms with Crippen LogP contribution >= 0.6 is 24.8 Å². The van der Waals surface area contributed by atoms with E-state index < -0.39 is 0 Å². The molecule has 26 heavy (non-hydrogen) atoms. The molecule has 2 fully saturated rings. The molecule has 4 nitrogen and oxygen atoms in total. The number of hydrogen-bond acceptors (Lipinski definition) is 3. The summed E-state index contributed by atoms with van der Waals surface area (Å²) in [5, 5.41) is 0.967. The largest absolute Gasteiger partial charge is 0.338 e. The van der Waals surface area contributed by atoms with E-state index >= 15 is 0 Å². The Morgan fingerprint density at radius 2 is 1.96 bits per heavy atom. The number of carbonyl (C=O) groups excluding carboxylic acids is 1. The molecule has 0 radical (unpaired) electrons. The van der Waals surface area contributed by atoms with Crippen molar-refractivity contribution in [3.8, 4) is 0 Å². The van der Waals surface area contributed by atoms with Crippen molar-refractivity contribution in [2.75, 3.05) is 13.1 Å². The second-order valence-electron chi connectivity index (χ2n) is 7.40. The van der Waals surface area contributed by atoms with Gasteiger partial charge in [-0.2, -0.15) is 0 Å². The van der Waals surface area contributed by atoms with Crippen LogP contribution in [0.3, 0.4) is 0 Å². The van der Waals surface area contributed by atoms with Gasteiger partial charge in [0.15, 0.2) is 0 Å². The highest BCUT2D eigenvalue weighted by Crippen LogP contribution is 2.40. The van der Waals surface area contributed by atoms with E-state index in [9.17, 15) is 4.79 Å². The average molecular weight is 396 g/mol. The van der Waals surface area contributed by atoms with E-state index in [1.807, 2.05) is 42.2 Å². The number of hydrogen-bond donors (Lipinski definition) is 1. The summed E-state index contributed by atoms with van der Waals surface area (Å²) >= 11 is 0. The number of nitrogens with two attached hydrogens (primary N) is 1. The summed E-state index contributed by atoms with van der Waals surface area (Å²) in [6.07, 6.45) is 4.53. The molecule has 4 rings (SSSR count). The van der Waals surface area contributed by atoms with Crippen molar-refractivity contribution in [2.45, 2.75) is 44.6 Å². The molecule has 1 saturated carbocycles. The molecule has 142 valence electrons. The maximum atomic E-state index is 13.2. The highest BCUT2D eigenvalue weighted by atomic mass is 35.5. The molecular formula is C20H27Cl2N3O. The van der Waals surface area contributed by atoms with Crippen LogP contribution in [-0.4, -0.2) is 34.9 Å². The molecule has 1 aliphatic heterocycles. The fraction of sp³-hybridized carbons (Fsp3) is 0.500. The summed E-state index contributed by atoms with van der Waals surface area (Å²) < 4.78 is 0. The van der Waals surface area contributed by atoms with E-state index in [0.717, 1.165) is 48.1 Å². The third kappa shape index (κ3) is 4.13. The van der Waals surface area contributed by atoms with E-state index in [0.29, 0.717) is 11.8 Å². The molecule has 6 heteroatoms. The standard InChI is InChI=1S/C20H25N3O.2ClH/c1-13(21)15-5-4-10-23(12-15)20(24)17-11-19(14-8-9-14)22-18-7-3-2-6-16(17)18;;/h2-3,6-7,11,13-15H,4-5,8-10,12,21H2,1H3;2*1H. The van der Waals surface area contributed by atoms with Crippen LogP contribution in [0, 0.1) is 5.92 Å². The highest BCUT2D eigenvalue weighted by molar-refractivity contribution is 6.06. The first-order valence-corrected chi connectivity index (χ1v) is 9.08. The van der Waals surface area contributed by atoms with Crippen LogP contribution in [0.2, 0.25) is 0 Å². The summed E-state index contributed by atoms with van der Waals surface area (Å²) in [7, 11) is 0. The first kappa shape index (κ1) is 20.9. The summed E-state index contributed by atoms with van der Waals surface area (Å²) in [4.78, 5) is 20.0. The van der Waals surface area contributed by atoms with Crippen LogP contribution in [0.25, 0.3) is 10.9 Å². The Labute approximate surface area is 167 Å². The number of carbonyl (C=O) groups is 1. The summed E-state index contributed by atoms with van der Waals surface area (Å²) in [5.74, 6) is 1.08. The average Bonchev–Trinajstić information content (AvgIpc) is 3.45. The van der Waals surface area contributed by atoms with Crippen LogP contribution in [0.15, 0.2) is 30.3 Å². The number of rotatable bonds is 3. The Morgan fingerprint density at radius 1 is 1.23 bits per heavy atom. The van der Waals surface area contributed by atoms with E-state index in [2.05, 4.69) is 0 Å². The van der Waals surface area contributed by atoms with Crippen molar-refractivity contribution in [1.29, 1.82) is 0 Å². The van der Waals surface area contributed by atoms with Crippen molar-refractivity contribution in [3.63, 3.8) is 0 Å². The zero-order valence-electron chi connectivity index (χ0n) is 15.1. The van der Waals surface area contributed by atoms with Crippen molar-refractivity contribution in [1.82, 2.24) is 9.88 Å². The van der Waals surface area contributed by atoms with Gasteiger partial charge in [0.05, 0.1) is 11.1 Å². The molecule has 2 aliphatic rings. The Hall–Kier alpha value is -1.36. The van der Waals surface area contributed by atoms with Gasteiger partial charge in [-0.15, -0.1) is 24.8 Å². The van der Waals surface area contributed by atoms with Gasteiger partial charge in [0.1, 0.15) is 0 Å². The van der Waals surface area contributed by atoms with E-state index in [1.54, 1.807) is 0 Å². The molecule has 1 aliphatic carbocycles. The van der Waals surface area contributed by atoms with Gasteiger partial charge in [0.2, 0.25) is 0 Å². The summed E-state index contributed by atoms with van der Waals surface area (Å²) in [6, 6.07) is 10.2. The number of likely N-dealkylation sites (tertiary alicyclic amines) is 1. The predicted octanol–water partition coefficient (Wildman–Crippen LogP) is 4.16. The third-order valence-corrected chi connectivity index (χ3v) is 5.45. The van der Waals surface area contributed by atoms with Gasteiger partial charge in [0, 0.05) is 36.1 Å². The van der Waals surface area contributed by atoms with Gasteiger partial charge in [0.25, 0.3) is 5.91 Å². The van der Waals surface area contributed by atoms with Crippen molar-refractivity contribution < 1.29 is 4.79 Å². The number of para-hydroxylation sites is 1. The molecule has 2 atom stereocenters. The monoisotopic (exact) mass is 395 g/mol. The van der Waals surface area contributed by atoms with Gasteiger partial charge in [-0.25, -0.2) is 0 Å². The number of nitrogens with zero attached hydrogens (tertiary/aromatic N) is 2. The topological polar surface area (TPSA) is 59.2 Å². The Balaban J connectivity index is 0.00000121. The Morgan fingerprint density at radius 3 is 2.65 bits per heavy atom. The molecule has 0 spiro atoms. The zero-order valence-corrected chi connectivity index (χ0v) is 16.7. The molecular weight excluding hydrogens is 369 g/mol.